The van der Waals surface area contributed by atoms with Crippen LogP contribution in [0.3, 0.4) is 0 Å². The molecule has 0 saturated carbocycles. The van der Waals surface area contributed by atoms with Gasteiger partial charge in [-0.3, -0.25) is 4.79 Å². The predicted molar refractivity (Wildman–Crippen MR) is 178 cm³/mol. The first kappa shape index (κ1) is 30.9. The summed E-state index contributed by atoms with van der Waals surface area (Å²) in [6, 6.07) is 14.7. The van der Waals surface area contributed by atoms with E-state index in [9.17, 15) is 9.59 Å². The van der Waals surface area contributed by atoms with Gasteiger partial charge >= 0.3 is 6.09 Å². The van der Waals surface area contributed by atoms with E-state index in [2.05, 4.69) is 95.5 Å². The number of likely N-dealkylation sites (N-methyl/N-ethyl adjacent to an activating group) is 1. The first-order chi connectivity index (χ1) is 21.8. The number of likely N-dealkylation sites (tertiary alicyclic amines) is 1. The molecule has 2 aromatic carbocycles. The maximum absolute atomic E-state index is 14.3. The Bertz CT molecular complexity index is 1630. The van der Waals surface area contributed by atoms with Crippen LogP contribution < -0.4 is 0 Å². The fourth-order valence-corrected chi connectivity index (χ4v) is 6.65. The highest BCUT2D eigenvalue weighted by atomic mass is 16.6. The molecular weight excluding hydrogens is 564 g/mol. The van der Waals surface area contributed by atoms with Crippen molar-refractivity contribution in [2.45, 2.75) is 46.6 Å². The minimum absolute atomic E-state index is 0.0843. The number of ether oxygens (including phenoxy) is 1. The molecular formula is C36H46N6O3. The lowest BCUT2D eigenvalue weighted by Gasteiger charge is -2.32. The van der Waals surface area contributed by atoms with E-state index >= 15 is 0 Å². The molecule has 238 valence electrons. The van der Waals surface area contributed by atoms with Crippen molar-refractivity contribution in [2.75, 3.05) is 52.9 Å². The molecule has 0 bridgehead atoms. The van der Waals surface area contributed by atoms with Gasteiger partial charge in [0.05, 0.1) is 24.7 Å². The fraction of sp³-hybridized carbons (Fsp3) is 0.472. The molecule has 0 spiro atoms. The molecule has 2 saturated heterocycles. The number of imidazole rings is 1. The van der Waals surface area contributed by atoms with Gasteiger partial charge < -0.3 is 28.6 Å². The van der Waals surface area contributed by atoms with Crippen LogP contribution in [0.4, 0.5) is 4.79 Å². The van der Waals surface area contributed by atoms with Crippen LogP contribution in [-0.4, -0.2) is 93.7 Å². The molecule has 4 heterocycles. The fourth-order valence-electron chi connectivity index (χ4n) is 6.65. The Kier molecular flexibility index (Phi) is 9.26. The van der Waals surface area contributed by atoms with Gasteiger partial charge in [-0.25, -0.2) is 9.78 Å². The van der Waals surface area contributed by atoms with Crippen LogP contribution in [0.5, 0.6) is 0 Å². The molecule has 6 rings (SSSR count). The molecule has 2 aromatic heterocycles. The summed E-state index contributed by atoms with van der Waals surface area (Å²) in [7, 11) is 2.11. The summed E-state index contributed by atoms with van der Waals surface area (Å²) in [6.07, 6.45) is 8.43. The molecule has 9 nitrogen and oxygen atoms in total. The highest BCUT2D eigenvalue weighted by Gasteiger charge is 2.29. The second-order valence-electron chi connectivity index (χ2n) is 13.1. The number of nitrogens with zero attached hydrogens (tertiary/aromatic N) is 6. The number of aromatic nitrogens is 3. The quantitative estimate of drug-likeness (QED) is 0.242. The van der Waals surface area contributed by atoms with Crippen molar-refractivity contribution in [1.82, 2.24) is 28.8 Å². The third kappa shape index (κ3) is 6.64. The van der Waals surface area contributed by atoms with Gasteiger partial charge in [0.2, 0.25) is 0 Å². The lowest BCUT2D eigenvalue weighted by Crippen LogP contribution is -2.47. The van der Waals surface area contributed by atoms with Crippen LogP contribution in [0.1, 0.15) is 49.2 Å². The summed E-state index contributed by atoms with van der Waals surface area (Å²) in [5.41, 5.74) is 3.69. The molecule has 0 aliphatic carbocycles. The Labute approximate surface area is 266 Å². The van der Waals surface area contributed by atoms with Crippen LogP contribution in [-0.2, 0) is 11.3 Å². The number of carbonyl (C=O) groups excluding carboxylic acids is 2. The van der Waals surface area contributed by atoms with Crippen LogP contribution in [0.25, 0.3) is 27.7 Å². The number of hydrogen-bond donors (Lipinski definition) is 0. The molecule has 0 unspecified atom stereocenters. The van der Waals surface area contributed by atoms with E-state index in [1.54, 1.807) is 0 Å². The number of piperazine rings is 1. The van der Waals surface area contributed by atoms with E-state index in [1.807, 2.05) is 22.3 Å². The SMILES string of the molecule is Cc1c(C(=O)N2CCN(C)CC2)c(-c2cccc3ccccc23)cn1-c1cncn1CC1CCN(C(=O)OCCC(C)C)CC1. The number of piperidine rings is 1. The molecule has 4 aromatic rings. The number of fused-ring (bicyclic) bond motifs is 1. The Morgan fingerprint density at radius 3 is 2.42 bits per heavy atom. The van der Waals surface area contributed by atoms with Gasteiger partial charge in [-0.2, -0.15) is 0 Å². The molecule has 0 atom stereocenters. The maximum Gasteiger partial charge on any atom is 0.409 e. The van der Waals surface area contributed by atoms with E-state index in [4.69, 9.17) is 4.74 Å². The monoisotopic (exact) mass is 610 g/mol. The number of benzene rings is 2. The van der Waals surface area contributed by atoms with Gasteiger partial charge in [-0.05, 0) is 61.4 Å². The van der Waals surface area contributed by atoms with Crippen LogP contribution >= 0.6 is 0 Å². The van der Waals surface area contributed by atoms with E-state index in [-0.39, 0.29) is 12.0 Å². The zero-order valence-electron chi connectivity index (χ0n) is 27.1. The Morgan fingerprint density at radius 2 is 1.67 bits per heavy atom. The summed E-state index contributed by atoms with van der Waals surface area (Å²) in [5, 5.41) is 2.28. The number of carbonyl (C=O) groups is 2. The lowest BCUT2D eigenvalue weighted by atomic mass is 9.96. The Hall–Kier alpha value is -4.11. The maximum atomic E-state index is 14.3. The predicted octanol–water partition coefficient (Wildman–Crippen LogP) is 6.08. The first-order valence-corrected chi connectivity index (χ1v) is 16.4. The van der Waals surface area contributed by atoms with Crippen LogP contribution in [0.15, 0.2) is 61.2 Å². The van der Waals surface area contributed by atoms with Crippen molar-refractivity contribution >= 4 is 22.8 Å². The largest absolute Gasteiger partial charge is 0.449 e. The van der Waals surface area contributed by atoms with Crippen molar-refractivity contribution in [1.29, 1.82) is 0 Å². The Morgan fingerprint density at radius 1 is 0.933 bits per heavy atom. The van der Waals surface area contributed by atoms with Gasteiger partial charge in [-0.15, -0.1) is 0 Å². The van der Waals surface area contributed by atoms with Crippen molar-refractivity contribution < 1.29 is 14.3 Å². The zero-order valence-corrected chi connectivity index (χ0v) is 27.1. The van der Waals surface area contributed by atoms with Gasteiger partial charge in [0.25, 0.3) is 5.91 Å². The van der Waals surface area contributed by atoms with Gasteiger partial charge in [0.15, 0.2) is 0 Å². The second-order valence-corrected chi connectivity index (χ2v) is 13.1. The normalized spacial score (nSPS) is 16.6. The van der Waals surface area contributed by atoms with Gasteiger partial charge in [-0.1, -0.05) is 56.3 Å². The lowest BCUT2D eigenvalue weighted by molar-refractivity contribution is 0.0663. The molecule has 2 aliphatic heterocycles. The van der Waals surface area contributed by atoms with E-state index in [1.165, 1.54) is 0 Å². The Balaban J connectivity index is 1.27. The molecule has 0 N–H and O–H groups in total. The molecule has 2 fully saturated rings. The van der Waals surface area contributed by atoms with Crippen molar-refractivity contribution in [3.8, 4) is 16.9 Å². The van der Waals surface area contributed by atoms with Gasteiger partial charge in [0, 0.05) is 63.3 Å². The van der Waals surface area contributed by atoms with Crippen molar-refractivity contribution in [2.24, 2.45) is 11.8 Å². The third-order valence-electron chi connectivity index (χ3n) is 9.52. The first-order valence-electron chi connectivity index (χ1n) is 16.4. The average Bonchev–Trinajstić information content (AvgIpc) is 3.64. The molecule has 9 heteroatoms. The van der Waals surface area contributed by atoms with Crippen LogP contribution in [0.2, 0.25) is 0 Å². The summed E-state index contributed by atoms with van der Waals surface area (Å²) < 4.78 is 9.85. The van der Waals surface area contributed by atoms with Crippen LogP contribution in [0, 0.1) is 18.8 Å². The van der Waals surface area contributed by atoms with Crippen molar-refractivity contribution in [3.05, 3.63) is 72.4 Å². The summed E-state index contributed by atoms with van der Waals surface area (Å²) in [6.45, 7) is 12.2. The summed E-state index contributed by atoms with van der Waals surface area (Å²) >= 11 is 0. The smallest absolute Gasteiger partial charge is 0.409 e. The number of hydrogen-bond acceptors (Lipinski definition) is 5. The molecule has 45 heavy (non-hydrogen) atoms. The topological polar surface area (TPSA) is 75.8 Å². The minimum atomic E-state index is -0.195. The summed E-state index contributed by atoms with van der Waals surface area (Å²) in [5.74, 6) is 1.96. The average molecular weight is 611 g/mol. The van der Waals surface area contributed by atoms with E-state index in [0.717, 1.165) is 91.0 Å². The van der Waals surface area contributed by atoms with E-state index < -0.39 is 0 Å². The van der Waals surface area contributed by atoms with Gasteiger partial charge in [0.1, 0.15) is 5.82 Å². The molecule has 2 amide bonds. The second kappa shape index (κ2) is 13.5. The minimum Gasteiger partial charge on any atom is -0.449 e. The molecule has 0 radical (unpaired) electrons. The van der Waals surface area contributed by atoms with E-state index in [0.29, 0.717) is 31.5 Å². The zero-order chi connectivity index (χ0) is 31.5. The summed E-state index contributed by atoms with van der Waals surface area (Å²) in [4.78, 5) is 37.5. The molecule has 2 aliphatic rings. The third-order valence-corrected chi connectivity index (χ3v) is 9.52. The number of rotatable bonds is 8. The highest BCUT2D eigenvalue weighted by Crippen LogP contribution is 2.36. The van der Waals surface area contributed by atoms with Crippen molar-refractivity contribution in [3.63, 3.8) is 0 Å². The highest BCUT2D eigenvalue weighted by molar-refractivity contribution is 6.07. The standard InChI is InChI=1S/C36H46N6O3/c1-26(2)14-21-45-36(44)40-15-12-28(13-16-40)23-41-25-37-22-33(41)42-24-32(31-11-7-9-29-8-5-6-10-30(29)31)34(27(42)3)35(43)39-19-17-38(4)18-20-39/h5-11,22,24-26,28H,12-21,23H2,1-4H3. The number of amides is 2.